The molecule has 0 bridgehead atoms. The van der Waals surface area contributed by atoms with E-state index in [1.54, 1.807) is 7.11 Å². The largest absolute Gasteiger partial charge is 0.457 e. The molecule has 1 aromatic carbocycles. The number of esters is 1. The van der Waals surface area contributed by atoms with Crippen molar-refractivity contribution in [2.45, 2.75) is 84.6 Å². The van der Waals surface area contributed by atoms with Crippen LogP contribution in [0.1, 0.15) is 46.6 Å². The molecule has 3 unspecified atom stereocenters. The van der Waals surface area contributed by atoms with Crippen molar-refractivity contribution in [3.63, 3.8) is 0 Å². The summed E-state index contributed by atoms with van der Waals surface area (Å²) in [5.74, 6) is -0.0510. The Kier molecular flexibility index (Phi) is 9.08. The summed E-state index contributed by atoms with van der Waals surface area (Å²) in [6, 6.07) is 10.0. The van der Waals surface area contributed by atoms with Crippen LogP contribution in [-0.2, 0) is 39.8 Å². The lowest BCUT2D eigenvalue weighted by molar-refractivity contribution is -0.302. The van der Waals surface area contributed by atoms with E-state index >= 15 is 0 Å². The predicted octanol–water partition coefficient (Wildman–Crippen LogP) is 3.93. The quantitative estimate of drug-likeness (QED) is 0.528. The van der Waals surface area contributed by atoms with Crippen LogP contribution in [0.3, 0.4) is 0 Å². The lowest BCUT2D eigenvalue weighted by Crippen LogP contribution is -2.54. The van der Waals surface area contributed by atoms with Crippen LogP contribution in [0.5, 0.6) is 0 Å². The van der Waals surface area contributed by atoms with Crippen molar-refractivity contribution in [1.29, 1.82) is 0 Å². The molecule has 2 aliphatic rings. The number of hydrogen-bond donors (Lipinski definition) is 0. The van der Waals surface area contributed by atoms with Crippen molar-refractivity contribution in [1.82, 2.24) is 0 Å². The number of ether oxygens (including phenoxy) is 6. The molecule has 1 aromatic rings. The molecule has 0 aliphatic carbocycles. The van der Waals surface area contributed by atoms with Gasteiger partial charge in [-0.2, -0.15) is 0 Å². The molecule has 2 fully saturated rings. The number of methoxy groups -OCH3 is 1. The average Bonchev–Trinajstić information content (AvgIpc) is 3.07. The fourth-order valence-electron chi connectivity index (χ4n) is 4.66. The van der Waals surface area contributed by atoms with E-state index in [1.165, 1.54) is 6.92 Å². The second-order valence-corrected chi connectivity index (χ2v) is 8.98. The molecule has 7 heteroatoms. The number of hydrogen-bond acceptors (Lipinski definition) is 7. The molecule has 0 amide bonds. The van der Waals surface area contributed by atoms with Gasteiger partial charge < -0.3 is 28.4 Å². The molecule has 0 saturated carbocycles. The fourth-order valence-corrected chi connectivity index (χ4v) is 4.66. The SMILES string of the molecule is CC[C@H]1O[C@@H](O[C@@H]2C(COCc3ccccc3)O[C@@H](OC)C(C)[C@H]2C)C(OC(C)=O)[C@H]1C. The lowest BCUT2D eigenvalue weighted by atomic mass is 9.84. The molecule has 7 nitrogen and oxygen atoms in total. The van der Waals surface area contributed by atoms with Crippen molar-refractivity contribution >= 4 is 5.97 Å². The van der Waals surface area contributed by atoms with Crippen molar-refractivity contribution < 1.29 is 33.2 Å². The summed E-state index contributed by atoms with van der Waals surface area (Å²) in [5, 5.41) is 0. The molecular formula is C25H38O7. The van der Waals surface area contributed by atoms with Gasteiger partial charge in [0.05, 0.1) is 25.4 Å². The van der Waals surface area contributed by atoms with Crippen LogP contribution in [0.4, 0.5) is 0 Å². The Morgan fingerprint density at radius 3 is 2.25 bits per heavy atom. The summed E-state index contributed by atoms with van der Waals surface area (Å²) in [4.78, 5) is 11.7. The highest BCUT2D eigenvalue weighted by Gasteiger charge is 2.49. The second-order valence-electron chi connectivity index (χ2n) is 8.98. The third-order valence-electron chi connectivity index (χ3n) is 6.76. The molecule has 32 heavy (non-hydrogen) atoms. The third kappa shape index (κ3) is 5.88. The van der Waals surface area contributed by atoms with Crippen LogP contribution in [0.2, 0.25) is 0 Å². The Morgan fingerprint density at radius 1 is 0.938 bits per heavy atom. The minimum atomic E-state index is -0.641. The highest BCUT2D eigenvalue weighted by Crippen LogP contribution is 2.38. The first-order chi connectivity index (χ1) is 15.3. The molecule has 2 heterocycles. The summed E-state index contributed by atoms with van der Waals surface area (Å²) < 4.78 is 36.1. The number of benzene rings is 1. The van der Waals surface area contributed by atoms with E-state index in [0.29, 0.717) is 13.2 Å². The topological polar surface area (TPSA) is 72.5 Å². The van der Waals surface area contributed by atoms with Crippen LogP contribution < -0.4 is 0 Å². The van der Waals surface area contributed by atoms with Crippen LogP contribution in [0.25, 0.3) is 0 Å². The van der Waals surface area contributed by atoms with Gasteiger partial charge in [0, 0.05) is 25.9 Å². The van der Waals surface area contributed by atoms with Gasteiger partial charge in [-0.15, -0.1) is 0 Å². The molecular weight excluding hydrogens is 412 g/mol. The molecule has 0 radical (unpaired) electrons. The Hall–Kier alpha value is -1.51. The molecule has 0 N–H and O–H groups in total. The van der Waals surface area contributed by atoms with Gasteiger partial charge in [0.2, 0.25) is 0 Å². The minimum absolute atomic E-state index is 0.0268. The maximum absolute atomic E-state index is 11.7. The Balaban J connectivity index is 1.72. The van der Waals surface area contributed by atoms with Gasteiger partial charge in [-0.1, -0.05) is 58.0 Å². The van der Waals surface area contributed by atoms with Crippen LogP contribution in [-0.4, -0.2) is 56.7 Å². The van der Waals surface area contributed by atoms with Gasteiger partial charge >= 0.3 is 5.97 Å². The molecule has 0 spiro atoms. The zero-order valence-corrected chi connectivity index (χ0v) is 20.1. The van der Waals surface area contributed by atoms with Crippen LogP contribution in [0, 0.1) is 17.8 Å². The maximum atomic E-state index is 11.7. The molecule has 2 aliphatic heterocycles. The summed E-state index contributed by atoms with van der Waals surface area (Å²) in [7, 11) is 1.65. The van der Waals surface area contributed by atoms with E-state index in [-0.39, 0.29) is 48.3 Å². The predicted molar refractivity (Wildman–Crippen MR) is 119 cm³/mol. The van der Waals surface area contributed by atoms with Crippen LogP contribution >= 0.6 is 0 Å². The average molecular weight is 451 g/mol. The summed E-state index contributed by atoms with van der Waals surface area (Å²) in [6.45, 7) is 10.6. The molecule has 0 aromatic heterocycles. The van der Waals surface area contributed by atoms with Gasteiger partial charge in [-0.05, 0) is 17.9 Å². The van der Waals surface area contributed by atoms with E-state index in [1.807, 2.05) is 37.3 Å². The first kappa shape index (κ1) is 25.1. The summed E-state index contributed by atoms with van der Waals surface area (Å²) >= 11 is 0. The van der Waals surface area contributed by atoms with E-state index in [9.17, 15) is 4.79 Å². The molecule has 180 valence electrons. The first-order valence-corrected chi connectivity index (χ1v) is 11.6. The fraction of sp³-hybridized carbons (Fsp3) is 0.720. The van der Waals surface area contributed by atoms with Crippen molar-refractivity contribution in [2.24, 2.45) is 17.8 Å². The Morgan fingerprint density at radius 2 is 1.62 bits per heavy atom. The molecule has 2 saturated heterocycles. The number of carbonyl (C=O) groups excluding carboxylic acids is 1. The molecule has 3 rings (SSSR count). The highest BCUT2D eigenvalue weighted by molar-refractivity contribution is 5.66. The van der Waals surface area contributed by atoms with E-state index in [2.05, 4.69) is 20.8 Å². The van der Waals surface area contributed by atoms with Crippen molar-refractivity contribution in [2.75, 3.05) is 13.7 Å². The normalized spacial score (nSPS) is 37.4. The van der Waals surface area contributed by atoms with Gasteiger partial charge in [-0.25, -0.2) is 0 Å². The third-order valence-corrected chi connectivity index (χ3v) is 6.76. The summed E-state index contributed by atoms with van der Waals surface area (Å²) in [6.07, 6.45) is -1.28. The number of rotatable bonds is 9. The van der Waals surface area contributed by atoms with E-state index in [0.717, 1.165) is 12.0 Å². The summed E-state index contributed by atoms with van der Waals surface area (Å²) in [5.41, 5.74) is 1.10. The van der Waals surface area contributed by atoms with Gasteiger partial charge in [0.25, 0.3) is 0 Å². The van der Waals surface area contributed by atoms with E-state index in [4.69, 9.17) is 28.4 Å². The minimum Gasteiger partial charge on any atom is -0.457 e. The van der Waals surface area contributed by atoms with E-state index < -0.39 is 12.4 Å². The zero-order valence-electron chi connectivity index (χ0n) is 20.1. The lowest BCUT2D eigenvalue weighted by Gasteiger charge is -2.44. The standard InChI is InChI=1S/C25H38O7/c1-7-20-17(4)23(29-18(5)26)25(30-20)32-22-15(2)16(3)24(27-6)31-21(22)14-28-13-19-11-9-8-10-12-19/h8-12,15-17,20-25H,7,13-14H2,1-6H3/t15-,16?,17+,20-,21?,22+,23?,24-,25+/m1/s1. The van der Waals surface area contributed by atoms with Gasteiger partial charge in [0.1, 0.15) is 6.10 Å². The van der Waals surface area contributed by atoms with Gasteiger partial charge in [0.15, 0.2) is 18.7 Å². The van der Waals surface area contributed by atoms with Gasteiger partial charge in [-0.3, -0.25) is 4.79 Å². The smallest absolute Gasteiger partial charge is 0.303 e. The van der Waals surface area contributed by atoms with Crippen molar-refractivity contribution in [3.8, 4) is 0 Å². The highest BCUT2D eigenvalue weighted by atomic mass is 16.7. The number of carbonyl (C=O) groups is 1. The maximum Gasteiger partial charge on any atom is 0.303 e. The van der Waals surface area contributed by atoms with Crippen molar-refractivity contribution in [3.05, 3.63) is 35.9 Å². The van der Waals surface area contributed by atoms with Crippen LogP contribution in [0.15, 0.2) is 30.3 Å². The molecule has 9 atom stereocenters. The first-order valence-electron chi connectivity index (χ1n) is 11.6. The second kappa shape index (κ2) is 11.6. The zero-order chi connectivity index (χ0) is 23.3. The Labute approximate surface area is 191 Å². The monoisotopic (exact) mass is 450 g/mol. The Bertz CT molecular complexity index is 712.